The molecule has 0 saturated carbocycles. The quantitative estimate of drug-likeness (QED) is 0.925. The van der Waals surface area contributed by atoms with Crippen LogP contribution < -0.4 is 5.32 Å². The SMILES string of the molecule is CCc1ccc(C(=O)NC[C@@H]2CCN(C(=O)OC(C)(C)C)C2)o1. The molecule has 2 rings (SSSR count). The lowest BCUT2D eigenvalue weighted by Crippen LogP contribution is -2.36. The third kappa shape index (κ3) is 5.01. The topological polar surface area (TPSA) is 71.8 Å². The van der Waals surface area contributed by atoms with Crippen molar-refractivity contribution < 1.29 is 18.7 Å². The number of carbonyl (C=O) groups excluding carboxylic acids is 2. The molecule has 0 spiro atoms. The van der Waals surface area contributed by atoms with Gasteiger partial charge >= 0.3 is 6.09 Å². The molecule has 1 aromatic heterocycles. The van der Waals surface area contributed by atoms with Crippen molar-refractivity contribution in [3.8, 4) is 0 Å². The van der Waals surface area contributed by atoms with Crippen LogP contribution in [0, 0.1) is 5.92 Å². The van der Waals surface area contributed by atoms with Gasteiger partial charge in [-0.25, -0.2) is 4.79 Å². The molecular formula is C17H26N2O4. The number of aryl methyl sites for hydroxylation is 1. The number of rotatable bonds is 4. The lowest BCUT2D eigenvalue weighted by Gasteiger charge is -2.24. The second-order valence-electron chi connectivity index (χ2n) is 6.91. The molecule has 1 N–H and O–H groups in total. The summed E-state index contributed by atoms with van der Waals surface area (Å²) >= 11 is 0. The predicted octanol–water partition coefficient (Wildman–Crippen LogP) is 2.83. The maximum atomic E-state index is 12.0. The van der Waals surface area contributed by atoms with Gasteiger partial charge in [-0.3, -0.25) is 4.79 Å². The average Bonchev–Trinajstić information content (AvgIpc) is 3.12. The number of furan rings is 1. The van der Waals surface area contributed by atoms with E-state index >= 15 is 0 Å². The molecule has 1 aliphatic heterocycles. The van der Waals surface area contributed by atoms with E-state index in [0.717, 1.165) is 18.6 Å². The Morgan fingerprint density at radius 2 is 2.13 bits per heavy atom. The van der Waals surface area contributed by atoms with Crippen molar-refractivity contribution in [3.05, 3.63) is 23.7 Å². The van der Waals surface area contributed by atoms with E-state index < -0.39 is 5.60 Å². The van der Waals surface area contributed by atoms with E-state index in [-0.39, 0.29) is 17.9 Å². The molecule has 0 aliphatic carbocycles. The number of hydrogen-bond donors (Lipinski definition) is 1. The summed E-state index contributed by atoms with van der Waals surface area (Å²) in [5.74, 6) is 1.17. The van der Waals surface area contributed by atoms with Crippen LogP contribution in [0.3, 0.4) is 0 Å². The Kier molecular flexibility index (Phi) is 5.34. The molecule has 23 heavy (non-hydrogen) atoms. The monoisotopic (exact) mass is 322 g/mol. The molecule has 1 aromatic rings. The summed E-state index contributed by atoms with van der Waals surface area (Å²) in [4.78, 5) is 25.7. The molecule has 1 atom stereocenters. The zero-order valence-corrected chi connectivity index (χ0v) is 14.3. The van der Waals surface area contributed by atoms with E-state index in [1.54, 1.807) is 11.0 Å². The second kappa shape index (κ2) is 7.06. The molecule has 1 fully saturated rings. The van der Waals surface area contributed by atoms with Gasteiger partial charge in [-0.15, -0.1) is 0 Å². The van der Waals surface area contributed by atoms with Crippen LogP contribution in [0.1, 0.15) is 50.4 Å². The summed E-state index contributed by atoms with van der Waals surface area (Å²) in [6.45, 7) is 9.33. The molecule has 6 nitrogen and oxygen atoms in total. The smallest absolute Gasteiger partial charge is 0.410 e. The van der Waals surface area contributed by atoms with Crippen LogP contribution in [0.25, 0.3) is 0 Å². The highest BCUT2D eigenvalue weighted by atomic mass is 16.6. The fourth-order valence-corrected chi connectivity index (χ4v) is 2.51. The van der Waals surface area contributed by atoms with Crippen molar-refractivity contribution in [2.75, 3.05) is 19.6 Å². The normalized spacial score (nSPS) is 18.1. The second-order valence-corrected chi connectivity index (χ2v) is 6.91. The van der Waals surface area contributed by atoms with Gasteiger partial charge in [0.05, 0.1) is 0 Å². The molecule has 6 heteroatoms. The molecular weight excluding hydrogens is 296 g/mol. The first-order valence-corrected chi connectivity index (χ1v) is 8.13. The number of ether oxygens (including phenoxy) is 1. The molecule has 1 saturated heterocycles. The number of carbonyl (C=O) groups is 2. The highest BCUT2D eigenvalue weighted by Gasteiger charge is 2.30. The van der Waals surface area contributed by atoms with Crippen molar-refractivity contribution >= 4 is 12.0 Å². The summed E-state index contributed by atoms with van der Waals surface area (Å²) in [5.41, 5.74) is -0.486. The van der Waals surface area contributed by atoms with Crippen molar-refractivity contribution in [2.24, 2.45) is 5.92 Å². The van der Waals surface area contributed by atoms with Crippen molar-refractivity contribution in [2.45, 2.75) is 46.1 Å². The molecule has 0 radical (unpaired) electrons. The van der Waals surface area contributed by atoms with Crippen LogP contribution in [0.2, 0.25) is 0 Å². The van der Waals surface area contributed by atoms with Crippen LogP contribution in [-0.2, 0) is 11.2 Å². The third-order valence-corrected chi connectivity index (χ3v) is 3.72. The molecule has 0 aromatic carbocycles. The van der Waals surface area contributed by atoms with Gasteiger partial charge in [0, 0.05) is 26.1 Å². The molecule has 2 heterocycles. The first kappa shape index (κ1) is 17.4. The maximum Gasteiger partial charge on any atom is 0.410 e. The van der Waals surface area contributed by atoms with E-state index in [1.165, 1.54) is 0 Å². The first-order chi connectivity index (χ1) is 10.8. The summed E-state index contributed by atoms with van der Waals surface area (Å²) in [7, 11) is 0. The van der Waals surface area contributed by atoms with Crippen LogP contribution >= 0.6 is 0 Å². The van der Waals surface area contributed by atoms with E-state index in [2.05, 4.69) is 5.32 Å². The summed E-state index contributed by atoms with van der Waals surface area (Å²) in [5, 5.41) is 2.87. The summed E-state index contributed by atoms with van der Waals surface area (Å²) in [6.07, 6.45) is 1.34. The number of likely N-dealkylation sites (tertiary alicyclic amines) is 1. The van der Waals surface area contributed by atoms with E-state index in [9.17, 15) is 9.59 Å². The minimum absolute atomic E-state index is 0.208. The van der Waals surface area contributed by atoms with Crippen molar-refractivity contribution in [1.29, 1.82) is 0 Å². The van der Waals surface area contributed by atoms with Crippen molar-refractivity contribution in [3.63, 3.8) is 0 Å². The zero-order valence-electron chi connectivity index (χ0n) is 14.3. The van der Waals surface area contributed by atoms with Gasteiger partial charge < -0.3 is 19.4 Å². The van der Waals surface area contributed by atoms with E-state index in [1.807, 2.05) is 33.8 Å². The molecule has 0 bridgehead atoms. The number of nitrogens with one attached hydrogen (secondary N) is 1. The Morgan fingerprint density at radius 3 is 2.74 bits per heavy atom. The Balaban J connectivity index is 1.77. The third-order valence-electron chi connectivity index (χ3n) is 3.72. The van der Waals surface area contributed by atoms with Gasteiger partial charge in [-0.05, 0) is 45.2 Å². The van der Waals surface area contributed by atoms with Gasteiger partial charge in [-0.2, -0.15) is 0 Å². The van der Waals surface area contributed by atoms with E-state index in [0.29, 0.717) is 25.4 Å². The van der Waals surface area contributed by atoms with E-state index in [4.69, 9.17) is 9.15 Å². The standard InChI is InChI=1S/C17H26N2O4/c1-5-13-6-7-14(22-13)15(20)18-10-12-8-9-19(11-12)16(21)23-17(2,3)4/h6-7,12H,5,8-11H2,1-4H3,(H,18,20)/t12-/m0/s1. The highest BCUT2D eigenvalue weighted by molar-refractivity contribution is 5.91. The minimum Gasteiger partial charge on any atom is -0.456 e. The number of hydrogen-bond acceptors (Lipinski definition) is 4. The average molecular weight is 322 g/mol. The highest BCUT2D eigenvalue weighted by Crippen LogP contribution is 2.19. The van der Waals surface area contributed by atoms with Gasteiger partial charge in [0.15, 0.2) is 5.76 Å². The predicted molar refractivity (Wildman–Crippen MR) is 86.3 cm³/mol. The Morgan fingerprint density at radius 1 is 1.39 bits per heavy atom. The lowest BCUT2D eigenvalue weighted by molar-refractivity contribution is 0.0288. The first-order valence-electron chi connectivity index (χ1n) is 8.13. The van der Waals surface area contributed by atoms with Crippen LogP contribution in [0.4, 0.5) is 4.79 Å². The number of nitrogens with zero attached hydrogens (tertiary/aromatic N) is 1. The summed E-state index contributed by atoms with van der Waals surface area (Å²) in [6, 6.07) is 3.50. The molecule has 0 unspecified atom stereocenters. The minimum atomic E-state index is -0.486. The molecule has 1 aliphatic rings. The largest absolute Gasteiger partial charge is 0.456 e. The van der Waals surface area contributed by atoms with Gasteiger partial charge in [0.25, 0.3) is 5.91 Å². The van der Waals surface area contributed by atoms with Crippen LogP contribution in [0.5, 0.6) is 0 Å². The Labute approximate surface area is 137 Å². The van der Waals surface area contributed by atoms with Gasteiger partial charge in [0.2, 0.25) is 0 Å². The fraction of sp³-hybridized carbons (Fsp3) is 0.647. The maximum absolute atomic E-state index is 12.0. The Hall–Kier alpha value is -1.98. The van der Waals surface area contributed by atoms with Crippen molar-refractivity contribution in [1.82, 2.24) is 10.2 Å². The lowest BCUT2D eigenvalue weighted by atomic mass is 10.1. The fourth-order valence-electron chi connectivity index (χ4n) is 2.51. The van der Waals surface area contributed by atoms with Crippen LogP contribution in [-0.4, -0.2) is 42.1 Å². The van der Waals surface area contributed by atoms with Crippen LogP contribution in [0.15, 0.2) is 16.5 Å². The summed E-state index contributed by atoms with van der Waals surface area (Å²) < 4.78 is 10.8. The Bertz CT molecular complexity index is 559. The van der Waals surface area contributed by atoms with Gasteiger partial charge in [0.1, 0.15) is 11.4 Å². The van der Waals surface area contributed by atoms with Gasteiger partial charge in [-0.1, -0.05) is 6.92 Å². The number of amides is 2. The molecule has 2 amide bonds. The molecule has 128 valence electrons. The zero-order chi connectivity index (χ0) is 17.0.